The summed E-state index contributed by atoms with van der Waals surface area (Å²) < 4.78 is 27.7. The van der Waals surface area contributed by atoms with Crippen LogP contribution in [-0.2, 0) is 10.0 Å². The number of hydrogen-bond donors (Lipinski definition) is 1. The van der Waals surface area contributed by atoms with E-state index >= 15 is 0 Å². The second kappa shape index (κ2) is 8.34. The molecule has 1 saturated heterocycles. The van der Waals surface area contributed by atoms with Crippen LogP contribution in [0.2, 0.25) is 0 Å². The Balaban J connectivity index is 0.00000240. The number of para-hydroxylation sites is 1. The number of carbonyl (C=O) groups is 1. The number of amides is 1. The summed E-state index contributed by atoms with van der Waals surface area (Å²) in [5.41, 5.74) is 6.95. The summed E-state index contributed by atoms with van der Waals surface area (Å²) in [5, 5.41) is 0. The van der Waals surface area contributed by atoms with E-state index < -0.39 is 10.0 Å². The van der Waals surface area contributed by atoms with Crippen LogP contribution >= 0.6 is 12.4 Å². The van der Waals surface area contributed by atoms with E-state index in [1.807, 2.05) is 6.07 Å². The number of anilines is 1. The summed E-state index contributed by atoms with van der Waals surface area (Å²) in [5.74, 6) is 0.511. The average molecular weight is 436 g/mol. The minimum absolute atomic E-state index is 0. The lowest BCUT2D eigenvalue weighted by Gasteiger charge is -2.23. The first kappa shape index (κ1) is 21.6. The molecule has 6 nitrogen and oxygen atoms in total. The Bertz CT molecular complexity index is 984. The number of nitrogens with zero attached hydrogens (tertiary/aromatic N) is 2. The molecule has 2 aromatic carbocycles. The van der Waals surface area contributed by atoms with Gasteiger partial charge in [-0.1, -0.05) is 30.3 Å². The van der Waals surface area contributed by atoms with Crippen LogP contribution in [0, 0.1) is 11.8 Å². The Kier molecular flexibility index (Phi) is 6.22. The van der Waals surface area contributed by atoms with Gasteiger partial charge in [0.2, 0.25) is 0 Å². The maximum absolute atomic E-state index is 13.3. The number of likely N-dealkylation sites (tertiary alicyclic amines) is 1. The highest BCUT2D eigenvalue weighted by Gasteiger charge is 2.43. The Labute approximate surface area is 178 Å². The van der Waals surface area contributed by atoms with Gasteiger partial charge in [0.05, 0.1) is 11.3 Å². The zero-order valence-electron chi connectivity index (χ0n) is 16.3. The second-order valence-electron chi connectivity index (χ2n) is 7.68. The topological polar surface area (TPSA) is 83.7 Å². The second-order valence-corrected chi connectivity index (χ2v) is 9.62. The Morgan fingerprint density at radius 2 is 1.69 bits per heavy atom. The van der Waals surface area contributed by atoms with Crippen molar-refractivity contribution in [2.75, 3.05) is 24.4 Å². The van der Waals surface area contributed by atoms with Crippen LogP contribution in [0.4, 0.5) is 5.69 Å². The first-order valence-corrected chi connectivity index (χ1v) is 11.0. The smallest absolute Gasteiger partial charge is 0.264 e. The van der Waals surface area contributed by atoms with Crippen molar-refractivity contribution in [1.82, 2.24) is 4.90 Å². The van der Waals surface area contributed by atoms with Gasteiger partial charge < -0.3 is 10.6 Å². The van der Waals surface area contributed by atoms with Gasteiger partial charge in [0.15, 0.2) is 0 Å². The van der Waals surface area contributed by atoms with Crippen molar-refractivity contribution in [3.8, 4) is 0 Å². The Morgan fingerprint density at radius 3 is 2.38 bits per heavy atom. The molecule has 4 rings (SSSR count). The van der Waals surface area contributed by atoms with E-state index in [1.54, 1.807) is 47.4 Å². The maximum Gasteiger partial charge on any atom is 0.264 e. The molecule has 29 heavy (non-hydrogen) atoms. The zero-order chi connectivity index (χ0) is 19.9. The molecule has 2 aliphatic rings. The van der Waals surface area contributed by atoms with Crippen LogP contribution in [0.1, 0.15) is 23.2 Å². The van der Waals surface area contributed by atoms with Crippen LogP contribution in [-0.4, -0.2) is 45.4 Å². The molecular formula is C21H26ClN3O3S. The van der Waals surface area contributed by atoms with Gasteiger partial charge in [-0.15, -0.1) is 12.4 Å². The van der Waals surface area contributed by atoms with Gasteiger partial charge in [-0.3, -0.25) is 9.10 Å². The molecule has 0 spiro atoms. The fourth-order valence-electron chi connectivity index (χ4n) is 4.44. The molecule has 1 heterocycles. The third-order valence-electron chi connectivity index (χ3n) is 6.08. The first-order valence-electron chi connectivity index (χ1n) is 9.57. The lowest BCUT2D eigenvalue weighted by molar-refractivity contribution is 0.0775. The minimum atomic E-state index is -3.87. The first-order chi connectivity index (χ1) is 13.4. The molecule has 0 radical (unpaired) electrons. The molecule has 1 aliphatic carbocycles. The number of benzene rings is 2. The van der Waals surface area contributed by atoms with Gasteiger partial charge in [0.1, 0.15) is 4.90 Å². The summed E-state index contributed by atoms with van der Waals surface area (Å²) >= 11 is 0. The summed E-state index contributed by atoms with van der Waals surface area (Å²) in [6, 6.07) is 15.4. The fraction of sp³-hybridized carbons (Fsp3) is 0.381. The Hall–Kier alpha value is -2.09. The van der Waals surface area contributed by atoms with E-state index in [1.165, 1.54) is 17.4 Å². The minimum Gasteiger partial charge on any atom is -0.338 e. The van der Waals surface area contributed by atoms with Crippen molar-refractivity contribution in [3.05, 3.63) is 60.2 Å². The lowest BCUT2D eigenvalue weighted by atomic mass is 9.98. The summed E-state index contributed by atoms with van der Waals surface area (Å²) in [6.07, 6.45) is 2.04. The molecule has 2 aromatic rings. The Morgan fingerprint density at radius 1 is 1.03 bits per heavy atom. The van der Waals surface area contributed by atoms with Crippen molar-refractivity contribution in [2.24, 2.45) is 17.6 Å². The highest BCUT2D eigenvalue weighted by molar-refractivity contribution is 7.92. The molecule has 1 amide bonds. The predicted octanol–water partition coefficient (Wildman–Crippen LogP) is 2.74. The zero-order valence-corrected chi connectivity index (χ0v) is 17.9. The van der Waals surface area contributed by atoms with E-state index in [0.29, 0.717) is 30.6 Å². The maximum atomic E-state index is 13.3. The number of sulfonamides is 1. The third-order valence-corrected chi connectivity index (χ3v) is 7.92. The summed E-state index contributed by atoms with van der Waals surface area (Å²) in [7, 11) is -2.36. The van der Waals surface area contributed by atoms with E-state index in [9.17, 15) is 13.2 Å². The monoisotopic (exact) mass is 435 g/mol. The van der Waals surface area contributed by atoms with Crippen molar-refractivity contribution >= 4 is 34.0 Å². The number of carbonyl (C=O) groups excluding carboxylic acids is 1. The third kappa shape index (κ3) is 3.86. The van der Waals surface area contributed by atoms with Crippen molar-refractivity contribution in [1.29, 1.82) is 0 Å². The van der Waals surface area contributed by atoms with Gasteiger partial charge >= 0.3 is 0 Å². The normalized spacial score (nSPS) is 23.4. The summed E-state index contributed by atoms with van der Waals surface area (Å²) in [6.45, 7) is 1.26. The van der Waals surface area contributed by atoms with Gasteiger partial charge in [-0.25, -0.2) is 8.42 Å². The van der Waals surface area contributed by atoms with Crippen molar-refractivity contribution in [3.63, 3.8) is 0 Å². The molecule has 156 valence electrons. The van der Waals surface area contributed by atoms with Crippen LogP contribution in [0.15, 0.2) is 59.5 Å². The fourth-order valence-corrected chi connectivity index (χ4v) is 5.81. The number of nitrogens with two attached hydrogens (primary N) is 1. The van der Waals surface area contributed by atoms with E-state index in [2.05, 4.69) is 0 Å². The lowest BCUT2D eigenvalue weighted by Crippen LogP contribution is -2.35. The quantitative estimate of drug-likeness (QED) is 0.800. The molecule has 1 saturated carbocycles. The number of hydrogen-bond acceptors (Lipinski definition) is 4. The molecule has 0 bridgehead atoms. The van der Waals surface area contributed by atoms with Crippen molar-refractivity contribution < 1.29 is 13.2 Å². The van der Waals surface area contributed by atoms with Crippen LogP contribution in [0.5, 0.6) is 0 Å². The van der Waals surface area contributed by atoms with Gasteiger partial charge in [0, 0.05) is 26.2 Å². The average Bonchev–Trinajstić information content (AvgIpc) is 3.29. The molecule has 3 atom stereocenters. The van der Waals surface area contributed by atoms with Crippen LogP contribution in [0.25, 0.3) is 0 Å². The number of halogens is 1. The summed E-state index contributed by atoms with van der Waals surface area (Å²) in [4.78, 5) is 15.0. The predicted molar refractivity (Wildman–Crippen MR) is 116 cm³/mol. The molecular weight excluding hydrogens is 410 g/mol. The molecule has 8 heteroatoms. The van der Waals surface area contributed by atoms with Gasteiger partial charge in [-0.2, -0.15) is 0 Å². The molecule has 1 aliphatic heterocycles. The van der Waals surface area contributed by atoms with E-state index in [0.717, 1.165) is 12.8 Å². The molecule has 3 unspecified atom stereocenters. The van der Waals surface area contributed by atoms with E-state index in [4.69, 9.17) is 5.73 Å². The standard InChI is InChI=1S/C21H25N3O3S.ClH/c1-23(16-7-3-2-4-8-16)28(26,27)20-10-6-5-9-17(20)21(25)24-13-15-11-12-19(22)18(15)14-24;/h2-10,15,18-19H,11-14,22H2,1H3;1H. The molecule has 0 aromatic heterocycles. The largest absolute Gasteiger partial charge is 0.338 e. The van der Waals surface area contributed by atoms with Crippen molar-refractivity contribution in [2.45, 2.75) is 23.8 Å². The SMILES string of the molecule is CN(c1ccccc1)S(=O)(=O)c1ccccc1C(=O)N1CC2CCC(N)C2C1.Cl. The number of rotatable bonds is 4. The van der Waals surface area contributed by atoms with Gasteiger partial charge in [0.25, 0.3) is 15.9 Å². The molecule has 2 fully saturated rings. The molecule has 2 N–H and O–H groups in total. The van der Waals surface area contributed by atoms with E-state index in [-0.39, 0.29) is 34.8 Å². The van der Waals surface area contributed by atoms with Crippen LogP contribution < -0.4 is 10.0 Å². The highest BCUT2D eigenvalue weighted by atomic mass is 35.5. The van der Waals surface area contributed by atoms with Gasteiger partial charge in [-0.05, 0) is 48.9 Å². The number of fused-ring (bicyclic) bond motifs is 1. The highest BCUT2D eigenvalue weighted by Crippen LogP contribution is 2.38. The van der Waals surface area contributed by atoms with Crippen LogP contribution in [0.3, 0.4) is 0 Å².